The molecule has 0 aliphatic carbocycles. The van der Waals surface area contributed by atoms with Gasteiger partial charge in [-0.25, -0.2) is 0 Å². The molecule has 1 aromatic heterocycles. The van der Waals surface area contributed by atoms with E-state index in [0.717, 1.165) is 33.3 Å². The Labute approximate surface area is 203 Å². The van der Waals surface area contributed by atoms with Crippen molar-refractivity contribution in [2.45, 2.75) is 19.4 Å². The number of hydrogen-bond acceptors (Lipinski definition) is 4. The lowest BCUT2D eigenvalue weighted by Crippen LogP contribution is -2.31. The lowest BCUT2D eigenvalue weighted by molar-refractivity contribution is -0.139. The first kappa shape index (κ1) is 22.5. The number of aliphatic hydroxyl groups excluding tert-OH is 1. The van der Waals surface area contributed by atoms with Crippen LogP contribution >= 0.6 is 0 Å². The van der Waals surface area contributed by atoms with E-state index < -0.39 is 17.7 Å². The molecule has 1 aliphatic heterocycles. The van der Waals surface area contributed by atoms with E-state index in [1.54, 1.807) is 24.1 Å². The number of nitrogens with zero attached hydrogens (tertiary/aromatic N) is 1. The molecule has 3 aromatic carbocycles. The number of likely N-dealkylation sites (tertiary alicyclic amines) is 1. The van der Waals surface area contributed by atoms with Crippen molar-refractivity contribution in [3.05, 3.63) is 107 Å². The van der Waals surface area contributed by atoms with Gasteiger partial charge in [0.05, 0.1) is 18.7 Å². The summed E-state index contributed by atoms with van der Waals surface area (Å²) in [5.74, 6) is -0.680. The molecule has 6 heteroatoms. The van der Waals surface area contributed by atoms with Crippen LogP contribution in [0.5, 0.6) is 5.75 Å². The second-order valence-electron chi connectivity index (χ2n) is 8.74. The number of methoxy groups -OCH3 is 1. The Balaban J connectivity index is 1.54. The van der Waals surface area contributed by atoms with Gasteiger partial charge in [0.2, 0.25) is 0 Å². The fourth-order valence-corrected chi connectivity index (χ4v) is 4.69. The number of fused-ring (bicyclic) bond motifs is 1. The van der Waals surface area contributed by atoms with E-state index >= 15 is 0 Å². The van der Waals surface area contributed by atoms with Crippen molar-refractivity contribution < 1.29 is 19.4 Å². The third-order valence-electron chi connectivity index (χ3n) is 6.58. The van der Waals surface area contributed by atoms with Gasteiger partial charge in [0.15, 0.2) is 0 Å². The van der Waals surface area contributed by atoms with Crippen LogP contribution in [0.25, 0.3) is 16.7 Å². The van der Waals surface area contributed by atoms with Gasteiger partial charge in [-0.05, 0) is 42.7 Å². The average molecular weight is 467 g/mol. The number of aliphatic hydroxyl groups is 1. The molecule has 35 heavy (non-hydrogen) atoms. The third kappa shape index (κ3) is 4.08. The van der Waals surface area contributed by atoms with Crippen molar-refractivity contribution in [1.82, 2.24) is 9.88 Å². The van der Waals surface area contributed by atoms with Gasteiger partial charge in [-0.2, -0.15) is 0 Å². The van der Waals surface area contributed by atoms with E-state index in [-0.39, 0.29) is 11.3 Å². The van der Waals surface area contributed by atoms with Crippen LogP contribution in [0, 0.1) is 6.92 Å². The molecule has 0 spiro atoms. The predicted molar refractivity (Wildman–Crippen MR) is 135 cm³/mol. The normalized spacial score (nSPS) is 17.3. The number of aryl methyl sites for hydroxylation is 1. The first-order valence-electron chi connectivity index (χ1n) is 11.5. The molecule has 1 unspecified atom stereocenters. The quantitative estimate of drug-likeness (QED) is 0.234. The van der Waals surface area contributed by atoms with E-state index in [1.165, 1.54) is 0 Å². The minimum absolute atomic E-state index is 0.116. The minimum Gasteiger partial charge on any atom is -0.507 e. The maximum atomic E-state index is 13.2. The smallest absolute Gasteiger partial charge is 0.295 e. The number of carbonyl (C=O) groups is 2. The Morgan fingerprint density at radius 3 is 2.49 bits per heavy atom. The molecule has 1 atom stereocenters. The lowest BCUT2D eigenvalue weighted by Gasteiger charge is -2.25. The second-order valence-corrected chi connectivity index (χ2v) is 8.74. The summed E-state index contributed by atoms with van der Waals surface area (Å²) in [5, 5.41) is 12.2. The van der Waals surface area contributed by atoms with Gasteiger partial charge < -0.3 is 19.7 Å². The standard InChI is InChI=1S/C29H26N2O4/c1-18-8-10-20(11-9-18)27(32)25-26(19-6-4-3-5-7-19)31(29(34)28(25)33)15-14-21-17-30-24-13-12-22(35-2)16-23(21)24/h3-13,16-17,26,30,32H,14-15H2,1-2H3/b27-25-. The van der Waals surface area contributed by atoms with Crippen LogP contribution in [-0.2, 0) is 16.0 Å². The van der Waals surface area contributed by atoms with E-state index in [2.05, 4.69) is 4.98 Å². The Bertz CT molecular complexity index is 1430. The molecular weight excluding hydrogens is 440 g/mol. The van der Waals surface area contributed by atoms with Crippen molar-refractivity contribution >= 4 is 28.4 Å². The zero-order valence-corrected chi connectivity index (χ0v) is 19.6. The highest BCUT2D eigenvalue weighted by Gasteiger charge is 2.45. The number of aromatic amines is 1. The van der Waals surface area contributed by atoms with Crippen molar-refractivity contribution in [1.29, 1.82) is 0 Å². The minimum atomic E-state index is -0.669. The lowest BCUT2D eigenvalue weighted by atomic mass is 9.95. The Hall–Kier alpha value is -4.32. The van der Waals surface area contributed by atoms with Crippen LogP contribution < -0.4 is 4.74 Å². The SMILES string of the molecule is COc1ccc2[nH]cc(CCN3C(=O)C(=O)/C(=C(\O)c4ccc(C)cc4)C3c3ccccc3)c2c1. The Kier molecular flexibility index (Phi) is 5.87. The van der Waals surface area contributed by atoms with Crippen LogP contribution in [0.1, 0.15) is 28.3 Å². The molecule has 5 rings (SSSR count). The summed E-state index contributed by atoms with van der Waals surface area (Å²) in [4.78, 5) is 31.2. The van der Waals surface area contributed by atoms with Crippen LogP contribution in [0.4, 0.5) is 0 Å². The van der Waals surface area contributed by atoms with Gasteiger partial charge in [-0.3, -0.25) is 9.59 Å². The fourth-order valence-electron chi connectivity index (χ4n) is 4.69. The summed E-state index contributed by atoms with van der Waals surface area (Å²) in [6, 6.07) is 21.8. The number of H-pyrrole nitrogens is 1. The van der Waals surface area contributed by atoms with E-state index in [0.29, 0.717) is 18.5 Å². The van der Waals surface area contributed by atoms with Crippen LogP contribution in [0.2, 0.25) is 0 Å². The van der Waals surface area contributed by atoms with Gasteiger partial charge >= 0.3 is 0 Å². The number of carbonyl (C=O) groups excluding carboxylic acids is 2. The second kappa shape index (κ2) is 9.14. The number of ketones is 1. The first-order valence-corrected chi connectivity index (χ1v) is 11.5. The van der Waals surface area contributed by atoms with Crippen LogP contribution in [-0.4, -0.2) is 40.3 Å². The first-order chi connectivity index (χ1) is 17.0. The summed E-state index contributed by atoms with van der Waals surface area (Å²) in [7, 11) is 1.63. The van der Waals surface area contributed by atoms with Gasteiger partial charge in [0.25, 0.3) is 11.7 Å². The highest BCUT2D eigenvalue weighted by molar-refractivity contribution is 6.46. The highest BCUT2D eigenvalue weighted by Crippen LogP contribution is 2.39. The molecule has 4 aromatic rings. The van der Waals surface area contributed by atoms with Gasteiger partial charge in [-0.15, -0.1) is 0 Å². The van der Waals surface area contributed by atoms with Crippen LogP contribution in [0.15, 0.2) is 84.6 Å². The predicted octanol–water partition coefficient (Wildman–Crippen LogP) is 5.15. The molecular formula is C29H26N2O4. The molecule has 1 amide bonds. The number of aromatic nitrogens is 1. The maximum Gasteiger partial charge on any atom is 0.295 e. The molecule has 2 N–H and O–H groups in total. The molecule has 1 saturated heterocycles. The molecule has 0 radical (unpaired) electrons. The van der Waals surface area contributed by atoms with E-state index in [4.69, 9.17) is 4.74 Å². The summed E-state index contributed by atoms with van der Waals surface area (Å²) < 4.78 is 5.36. The number of ether oxygens (including phenoxy) is 1. The van der Waals surface area contributed by atoms with E-state index in [1.807, 2.05) is 73.8 Å². The summed E-state index contributed by atoms with van der Waals surface area (Å²) >= 11 is 0. The number of benzene rings is 3. The third-order valence-corrected chi connectivity index (χ3v) is 6.58. The molecule has 6 nitrogen and oxygen atoms in total. The topological polar surface area (TPSA) is 82.6 Å². The van der Waals surface area contributed by atoms with Gasteiger partial charge in [0.1, 0.15) is 11.5 Å². The number of amides is 1. The Morgan fingerprint density at radius 1 is 1.03 bits per heavy atom. The van der Waals surface area contributed by atoms with Crippen molar-refractivity contribution in [2.75, 3.05) is 13.7 Å². The summed E-state index contributed by atoms with van der Waals surface area (Å²) in [5.41, 5.74) is 4.44. The number of hydrogen-bond donors (Lipinski definition) is 2. The van der Waals surface area contributed by atoms with Crippen molar-refractivity contribution in [3.8, 4) is 5.75 Å². The Morgan fingerprint density at radius 2 is 1.77 bits per heavy atom. The number of Topliss-reactive ketones (excluding diaryl/α,β-unsaturated/α-hetero) is 1. The molecule has 2 heterocycles. The summed E-state index contributed by atoms with van der Waals surface area (Å²) in [6.45, 7) is 2.27. The zero-order valence-electron chi connectivity index (χ0n) is 19.6. The fraction of sp³-hybridized carbons (Fsp3) is 0.172. The largest absolute Gasteiger partial charge is 0.507 e. The molecule has 176 valence electrons. The maximum absolute atomic E-state index is 13.2. The monoisotopic (exact) mass is 466 g/mol. The molecule has 0 bridgehead atoms. The number of nitrogens with one attached hydrogen (secondary N) is 1. The molecule has 1 fully saturated rings. The van der Waals surface area contributed by atoms with Crippen molar-refractivity contribution in [3.63, 3.8) is 0 Å². The van der Waals surface area contributed by atoms with E-state index in [9.17, 15) is 14.7 Å². The molecule has 1 aliphatic rings. The molecule has 0 saturated carbocycles. The highest BCUT2D eigenvalue weighted by atomic mass is 16.5. The average Bonchev–Trinajstić information content (AvgIpc) is 3.40. The van der Waals surface area contributed by atoms with Gasteiger partial charge in [0, 0.05) is 29.2 Å². The zero-order chi connectivity index (χ0) is 24.5. The number of rotatable bonds is 6. The van der Waals surface area contributed by atoms with Gasteiger partial charge in [-0.1, -0.05) is 60.2 Å². The summed E-state index contributed by atoms with van der Waals surface area (Å²) in [6.07, 6.45) is 2.46. The van der Waals surface area contributed by atoms with Crippen LogP contribution in [0.3, 0.4) is 0 Å². The van der Waals surface area contributed by atoms with Crippen molar-refractivity contribution in [2.24, 2.45) is 0 Å².